The van der Waals surface area contributed by atoms with E-state index in [4.69, 9.17) is 4.74 Å². The van der Waals surface area contributed by atoms with Gasteiger partial charge in [0.15, 0.2) is 0 Å². The minimum absolute atomic E-state index is 0.0399. The lowest BCUT2D eigenvalue weighted by Gasteiger charge is -2.30. The van der Waals surface area contributed by atoms with Gasteiger partial charge in [0.1, 0.15) is 0 Å². The molecular formula is C17H21F3N2O2. The van der Waals surface area contributed by atoms with Gasteiger partial charge in [0.05, 0.1) is 31.2 Å². The summed E-state index contributed by atoms with van der Waals surface area (Å²) < 4.78 is 43.4. The number of fused-ring (bicyclic) bond motifs is 3. The van der Waals surface area contributed by atoms with Crippen LogP contribution in [0.2, 0.25) is 0 Å². The number of rotatable bonds is 2. The van der Waals surface area contributed by atoms with Crippen molar-refractivity contribution in [2.45, 2.75) is 18.6 Å². The largest absolute Gasteiger partial charge is 0.416 e. The summed E-state index contributed by atoms with van der Waals surface area (Å²) in [4.78, 5) is 16.6. The third kappa shape index (κ3) is 3.89. The Balaban J connectivity index is 1.66. The SMILES string of the molecule is CN1C[C@H]2COC[C@@H]1CN(C(=O)Cc1ccc(C(F)(F)F)cc1)C2. The molecule has 0 saturated carbocycles. The maximum absolute atomic E-state index is 12.6. The van der Waals surface area contributed by atoms with Crippen LogP contribution in [0.15, 0.2) is 24.3 Å². The van der Waals surface area contributed by atoms with E-state index in [1.165, 1.54) is 12.1 Å². The van der Waals surface area contributed by atoms with Crippen molar-refractivity contribution in [3.8, 4) is 0 Å². The molecule has 2 saturated heterocycles. The summed E-state index contributed by atoms with van der Waals surface area (Å²) in [5.41, 5.74) is -0.0891. The van der Waals surface area contributed by atoms with Crippen molar-refractivity contribution in [3.05, 3.63) is 35.4 Å². The highest BCUT2D eigenvalue weighted by Crippen LogP contribution is 2.29. The Morgan fingerprint density at radius 1 is 1.17 bits per heavy atom. The van der Waals surface area contributed by atoms with Gasteiger partial charge in [-0.05, 0) is 24.7 Å². The van der Waals surface area contributed by atoms with Crippen LogP contribution in [-0.2, 0) is 22.1 Å². The zero-order valence-electron chi connectivity index (χ0n) is 13.6. The summed E-state index contributed by atoms with van der Waals surface area (Å²) in [6.45, 7) is 3.39. The van der Waals surface area contributed by atoms with Crippen LogP contribution in [0.25, 0.3) is 0 Å². The Morgan fingerprint density at radius 2 is 1.88 bits per heavy atom. The minimum Gasteiger partial charge on any atom is -0.379 e. The zero-order valence-corrected chi connectivity index (χ0v) is 13.6. The van der Waals surface area contributed by atoms with Crippen molar-refractivity contribution in [1.82, 2.24) is 9.80 Å². The second-order valence-corrected chi connectivity index (χ2v) is 6.67. The van der Waals surface area contributed by atoms with Gasteiger partial charge in [-0.2, -0.15) is 13.2 Å². The Hall–Kier alpha value is -1.60. The summed E-state index contributed by atoms with van der Waals surface area (Å²) >= 11 is 0. The highest BCUT2D eigenvalue weighted by molar-refractivity contribution is 5.79. The molecule has 0 unspecified atom stereocenters. The Labute approximate surface area is 139 Å². The number of halogens is 3. The molecule has 1 amide bonds. The molecule has 24 heavy (non-hydrogen) atoms. The molecule has 0 spiro atoms. The summed E-state index contributed by atoms with van der Waals surface area (Å²) in [5, 5.41) is 0. The van der Waals surface area contributed by atoms with E-state index in [0.717, 1.165) is 18.7 Å². The normalized spacial score (nSPS) is 25.4. The number of amides is 1. The third-order valence-corrected chi connectivity index (χ3v) is 4.73. The summed E-state index contributed by atoms with van der Waals surface area (Å²) in [6.07, 6.45) is -4.22. The van der Waals surface area contributed by atoms with Crippen molar-refractivity contribution in [2.24, 2.45) is 5.92 Å². The first-order chi connectivity index (χ1) is 11.3. The lowest BCUT2D eigenvalue weighted by Crippen LogP contribution is -2.45. The zero-order chi connectivity index (χ0) is 17.3. The summed E-state index contributed by atoms with van der Waals surface area (Å²) in [5.74, 6) is 0.237. The van der Waals surface area contributed by atoms with Crippen molar-refractivity contribution in [3.63, 3.8) is 0 Å². The summed E-state index contributed by atoms with van der Waals surface area (Å²) in [6, 6.07) is 5.00. The van der Waals surface area contributed by atoms with Gasteiger partial charge in [-0.25, -0.2) is 0 Å². The van der Waals surface area contributed by atoms with Gasteiger partial charge >= 0.3 is 6.18 Å². The first-order valence-corrected chi connectivity index (χ1v) is 8.05. The van der Waals surface area contributed by atoms with Crippen LogP contribution in [-0.4, -0.2) is 61.6 Å². The predicted octanol–water partition coefficient (Wildman–Crippen LogP) is 2.04. The van der Waals surface area contributed by atoms with Gasteiger partial charge in [-0.15, -0.1) is 0 Å². The van der Waals surface area contributed by atoms with Crippen molar-refractivity contribution in [2.75, 3.05) is 39.9 Å². The van der Waals surface area contributed by atoms with Gasteiger partial charge in [0, 0.05) is 25.6 Å². The van der Waals surface area contributed by atoms with Crippen molar-refractivity contribution in [1.29, 1.82) is 0 Å². The fraction of sp³-hybridized carbons (Fsp3) is 0.588. The lowest BCUT2D eigenvalue weighted by molar-refractivity contribution is -0.137. The molecule has 3 rings (SSSR count). The Kier molecular flexibility index (Phi) is 4.83. The second kappa shape index (κ2) is 6.72. The van der Waals surface area contributed by atoms with Gasteiger partial charge in [0.2, 0.25) is 5.91 Å². The molecule has 2 aliphatic rings. The van der Waals surface area contributed by atoms with E-state index in [1.807, 2.05) is 11.9 Å². The number of ether oxygens (including phenoxy) is 1. The number of benzene rings is 1. The number of likely N-dealkylation sites (N-methyl/N-ethyl adjacent to an activating group) is 1. The molecule has 1 aromatic carbocycles. The van der Waals surface area contributed by atoms with Crippen molar-refractivity contribution >= 4 is 5.91 Å². The van der Waals surface area contributed by atoms with Crippen LogP contribution in [0.4, 0.5) is 13.2 Å². The molecule has 0 N–H and O–H groups in total. The predicted molar refractivity (Wildman–Crippen MR) is 82.5 cm³/mol. The molecule has 0 radical (unpaired) electrons. The van der Waals surface area contributed by atoms with Crippen LogP contribution in [0, 0.1) is 5.92 Å². The van der Waals surface area contributed by atoms with E-state index in [9.17, 15) is 18.0 Å². The average Bonchev–Trinajstić information content (AvgIpc) is 2.75. The molecule has 0 aromatic heterocycles. The van der Waals surface area contributed by atoms with Gasteiger partial charge < -0.3 is 9.64 Å². The maximum atomic E-state index is 12.6. The van der Waals surface area contributed by atoms with Crippen LogP contribution in [0.3, 0.4) is 0 Å². The van der Waals surface area contributed by atoms with Crippen LogP contribution in [0.1, 0.15) is 11.1 Å². The van der Waals surface area contributed by atoms with E-state index in [2.05, 4.69) is 4.90 Å². The average molecular weight is 342 g/mol. The lowest BCUT2D eigenvalue weighted by atomic mass is 10.1. The molecule has 7 heteroatoms. The molecule has 132 valence electrons. The van der Waals surface area contributed by atoms with Crippen LogP contribution >= 0.6 is 0 Å². The molecular weight excluding hydrogens is 321 g/mol. The van der Waals surface area contributed by atoms with Crippen LogP contribution < -0.4 is 0 Å². The molecule has 1 aromatic rings. The summed E-state index contributed by atoms with van der Waals surface area (Å²) in [7, 11) is 2.04. The minimum atomic E-state index is -4.35. The highest BCUT2D eigenvalue weighted by Gasteiger charge is 2.33. The molecule has 2 aliphatic heterocycles. The number of hydrogen-bond acceptors (Lipinski definition) is 3. The van der Waals surface area contributed by atoms with E-state index < -0.39 is 11.7 Å². The Morgan fingerprint density at radius 3 is 2.54 bits per heavy atom. The standard InChI is InChI=1S/C17H21F3N2O2/c1-21-7-13-8-22(9-15(21)11-24-10-13)16(23)6-12-2-4-14(5-3-12)17(18,19)20/h2-5,13,15H,6-11H2,1H3/t13-,15+/m1/s1. The molecule has 2 atom stereocenters. The number of carbonyl (C=O) groups is 1. The maximum Gasteiger partial charge on any atom is 0.416 e. The van der Waals surface area contributed by atoms with Gasteiger partial charge in [-0.3, -0.25) is 9.69 Å². The molecule has 2 heterocycles. The number of carbonyl (C=O) groups excluding carboxylic acids is 1. The number of nitrogens with zero attached hydrogens (tertiary/aromatic N) is 2. The molecule has 0 aliphatic carbocycles. The quantitative estimate of drug-likeness (QED) is 0.825. The van der Waals surface area contributed by atoms with E-state index in [-0.39, 0.29) is 24.3 Å². The van der Waals surface area contributed by atoms with Gasteiger partial charge in [-0.1, -0.05) is 12.1 Å². The smallest absolute Gasteiger partial charge is 0.379 e. The molecule has 2 bridgehead atoms. The van der Waals surface area contributed by atoms with E-state index in [0.29, 0.717) is 31.9 Å². The van der Waals surface area contributed by atoms with E-state index >= 15 is 0 Å². The molecule has 4 nitrogen and oxygen atoms in total. The monoisotopic (exact) mass is 342 g/mol. The highest BCUT2D eigenvalue weighted by atomic mass is 19.4. The third-order valence-electron chi connectivity index (χ3n) is 4.73. The van der Waals surface area contributed by atoms with Crippen molar-refractivity contribution < 1.29 is 22.7 Å². The number of hydrogen-bond donors (Lipinski definition) is 0. The fourth-order valence-electron chi connectivity index (χ4n) is 3.35. The molecule has 2 fully saturated rings. The van der Waals surface area contributed by atoms with E-state index in [1.54, 1.807) is 0 Å². The fourth-order valence-corrected chi connectivity index (χ4v) is 3.35. The first-order valence-electron chi connectivity index (χ1n) is 8.05. The number of alkyl halides is 3. The topological polar surface area (TPSA) is 32.8 Å². The van der Waals surface area contributed by atoms with Crippen LogP contribution in [0.5, 0.6) is 0 Å². The first kappa shape index (κ1) is 17.2. The van der Waals surface area contributed by atoms with Gasteiger partial charge in [0.25, 0.3) is 0 Å². The Bertz CT molecular complexity index is 588. The second-order valence-electron chi connectivity index (χ2n) is 6.67.